The topological polar surface area (TPSA) is 59.4 Å². The van der Waals surface area contributed by atoms with Crippen molar-refractivity contribution in [3.8, 4) is 0 Å². The molecule has 0 amide bonds. The quantitative estimate of drug-likeness (QED) is 0.474. The number of hydrogen-bond donors (Lipinski definition) is 1. The predicted molar refractivity (Wildman–Crippen MR) is 122 cm³/mol. The van der Waals surface area contributed by atoms with Crippen LogP contribution >= 0.6 is 23.4 Å². The summed E-state index contributed by atoms with van der Waals surface area (Å²) < 4.78 is 39.4. The van der Waals surface area contributed by atoms with Crippen LogP contribution in [-0.2, 0) is 23.9 Å². The molecule has 33 heavy (non-hydrogen) atoms. The van der Waals surface area contributed by atoms with Crippen LogP contribution < -0.4 is 5.48 Å². The summed E-state index contributed by atoms with van der Waals surface area (Å²) in [6.45, 7) is 2.30. The largest absolute Gasteiger partial charge is 0.416 e. The molecule has 5 nitrogen and oxygen atoms in total. The number of halogens is 4. The fraction of sp³-hybridized carbons (Fsp3) is 0.261. The van der Waals surface area contributed by atoms with Crippen molar-refractivity contribution in [3.63, 3.8) is 0 Å². The van der Waals surface area contributed by atoms with Crippen molar-refractivity contribution >= 4 is 29.2 Å². The molecular weight excluding hydrogens is 473 g/mol. The van der Waals surface area contributed by atoms with E-state index in [2.05, 4.69) is 15.7 Å². The van der Waals surface area contributed by atoms with E-state index in [4.69, 9.17) is 21.4 Å². The number of rotatable bonds is 6. The normalized spacial score (nSPS) is 16.3. The molecule has 1 unspecified atom stereocenters. The molecule has 0 saturated heterocycles. The number of hydroxylamine groups is 1. The van der Waals surface area contributed by atoms with Gasteiger partial charge in [-0.3, -0.25) is 9.83 Å². The van der Waals surface area contributed by atoms with Crippen LogP contribution in [0.25, 0.3) is 0 Å². The molecule has 0 fully saturated rings. The van der Waals surface area contributed by atoms with Gasteiger partial charge in [0.15, 0.2) is 5.84 Å². The minimum Gasteiger partial charge on any atom is -0.272 e. The lowest BCUT2D eigenvalue weighted by Gasteiger charge is -2.23. The van der Waals surface area contributed by atoms with E-state index in [9.17, 15) is 13.2 Å². The van der Waals surface area contributed by atoms with Gasteiger partial charge in [-0.1, -0.05) is 54.6 Å². The van der Waals surface area contributed by atoms with Crippen LogP contribution in [0.2, 0.25) is 5.02 Å². The standard InChI is InChI=1S/C23H20ClF3N4OS/c1-2-16-12-19(21-28-17(13-32-31-21)10-14-6-3-4-9-20(14)24)22(30-29-16)33-18-8-5-7-15(11-18)23(25,26)27/h3-9,11-12,17H,2,10,13H2,1H3,(H,28,31). The Hall–Kier alpha value is -2.62. The third-order valence-corrected chi connectivity index (χ3v) is 6.33. The Morgan fingerprint density at radius 2 is 1.94 bits per heavy atom. The summed E-state index contributed by atoms with van der Waals surface area (Å²) in [4.78, 5) is 10.8. The predicted octanol–water partition coefficient (Wildman–Crippen LogP) is 5.76. The van der Waals surface area contributed by atoms with Gasteiger partial charge in [-0.2, -0.15) is 18.3 Å². The fourth-order valence-electron chi connectivity index (χ4n) is 3.29. The van der Waals surface area contributed by atoms with Crippen molar-refractivity contribution in [2.75, 3.05) is 6.61 Å². The number of nitrogens with one attached hydrogen (secondary N) is 1. The maximum Gasteiger partial charge on any atom is 0.416 e. The second kappa shape index (κ2) is 10.1. The van der Waals surface area contributed by atoms with Crippen molar-refractivity contribution in [2.24, 2.45) is 4.99 Å². The highest BCUT2D eigenvalue weighted by Crippen LogP contribution is 2.35. The second-order valence-electron chi connectivity index (χ2n) is 7.38. The number of amidine groups is 1. The molecule has 10 heteroatoms. The molecule has 0 aliphatic carbocycles. The average molecular weight is 493 g/mol. The Bertz CT molecular complexity index is 1170. The third kappa shape index (κ3) is 5.85. The summed E-state index contributed by atoms with van der Waals surface area (Å²) in [5, 5.41) is 9.54. The van der Waals surface area contributed by atoms with Gasteiger partial charge in [-0.25, -0.2) is 5.48 Å². The van der Waals surface area contributed by atoms with Gasteiger partial charge in [0.25, 0.3) is 0 Å². The zero-order valence-corrected chi connectivity index (χ0v) is 19.1. The molecule has 1 atom stereocenters. The lowest BCUT2D eigenvalue weighted by molar-refractivity contribution is -0.137. The molecule has 0 spiro atoms. The summed E-state index contributed by atoms with van der Waals surface area (Å²) in [6, 6.07) is 14.3. The van der Waals surface area contributed by atoms with Crippen LogP contribution in [0.3, 0.4) is 0 Å². The fourth-order valence-corrected chi connectivity index (χ4v) is 4.40. The number of benzene rings is 2. The second-order valence-corrected chi connectivity index (χ2v) is 8.85. The summed E-state index contributed by atoms with van der Waals surface area (Å²) in [5.74, 6) is 0.456. The number of aliphatic imine (C=N–C) groups is 1. The van der Waals surface area contributed by atoms with Crippen LogP contribution in [-0.4, -0.2) is 28.7 Å². The summed E-state index contributed by atoms with van der Waals surface area (Å²) >= 11 is 7.38. The van der Waals surface area contributed by atoms with Crippen LogP contribution in [0, 0.1) is 0 Å². The summed E-state index contributed by atoms with van der Waals surface area (Å²) in [6.07, 6.45) is -3.20. The van der Waals surface area contributed by atoms with Gasteiger partial charge in [-0.15, -0.1) is 5.10 Å². The van der Waals surface area contributed by atoms with Gasteiger partial charge >= 0.3 is 6.18 Å². The smallest absolute Gasteiger partial charge is 0.272 e. The monoisotopic (exact) mass is 492 g/mol. The molecule has 0 bridgehead atoms. The van der Waals surface area contributed by atoms with E-state index >= 15 is 0 Å². The molecule has 1 aliphatic rings. The maximum absolute atomic E-state index is 13.1. The van der Waals surface area contributed by atoms with Crippen molar-refractivity contribution < 1.29 is 18.0 Å². The maximum atomic E-state index is 13.1. The molecular formula is C23H20ClF3N4OS. The Balaban J connectivity index is 1.65. The molecule has 172 valence electrons. The Morgan fingerprint density at radius 1 is 1.12 bits per heavy atom. The lowest BCUT2D eigenvalue weighted by atomic mass is 10.1. The first-order chi connectivity index (χ1) is 15.8. The van der Waals surface area contributed by atoms with E-state index < -0.39 is 11.7 Å². The van der Waals surface area contributed by atoms with Crippen molar-refractivity contribution in [2.45, 2.75) is 41.9 Å². The van der Waals surface area contributed by atoms with Crippen LogP contribution in [0.5, 0.6) is 0 Å². The molecule has 3 aromatic rings. The van der Waals surface area contributed by atoms with E-state index in [1.165, 1.54) is 6.07 Å². The molecule has 1 aliphatic heterocycles. The van der Waals surface area contributed by atoms with Gasteiger partial charge < -0.3 is 0 Å². The molecule has 0 saturated carbocycles. The van der Waals surface area contributed by atoms with E-state index in [0.717, 1.165) is 35.2 Å². The number of nitrogens with zero attached hydrogens (tertiary/aromatic N) is 3. The van der Waals surface area contributed by atoms with E-state index in [-0.39, 0.29) is 6.04 Å². The molecule has 1 N–H and O–H groups in total. The Kier molecular flexibility index (Phi) is 7.21. The first-order valence-electron chi connectivity index (χ1n) is 10.2. The number of aromatic nitrogens is 2. The zero-order chi connectivity index (χ0) is 23.4. The first kappa shape index (κ1) is 23.5. The number of hydrogen-bond acceptors (Lipinski definition) is 6. The highest BCUT2D eigenvalue weighted by atomic mass is 35.5. The highest BCUT2D eigenvalue weighted by Gasteiger charge is 2.30. The minimum absolute atomic E-state index is 0.189. The number of aryl methyl sites for hydroxylation is 1. The summed E-state index contributed by atoms with van der Waals surface area (Å²) in [5.41, 5.74) is 4.42. The minimum atomic E-state index is -4.42. The molecule has 2 heterocycles. The van der Waals surface area contributed by atoms with Crippen LogP contribution in [0.4, 0.5) is 13.2 Å². The van der Waals surface area contributed by atoms with Crippen molar-refractivity contribution in [1.82, 2.24) is 15.7 Å². The Morgan fingerprint density at radius 3 is 2.70 bits per heavy atom. The molecule has 2 aromatic carbocycles. The molecule has 1 aromatic heterocycles. The van der Waals surface area contributed by atoms with E-state index in [0.29, 0.717) is 45.8 Å². The van der Waals surface area contributed by atoms with E-state index in [1.807, 2.05) is 37.3 Å². The van der Waals surface area contributed by atoms with Gasteiger partial charge in [0.1, 0.15) is 5.03 Å². The average Bonchev–Trinajstić information content (AvgIpc) is 2.81. The molecule has 4 rings (SSSR count). The highest BCUT2D eigenvalue weighted by molar-refractivity contribution is 7.99. The van der Waals surface area contributed by atoms with Crippen LogP contribution in [0.15, 0.2) is 69.5 Å². The Labute approximate surface area is 198 Å². The summed E-state index contributed by atoms with van der Waals surface area (Å²) in [7, 11) is 0. The van der Waals surface area contributed by atoms with Crippen molar-refractivity contribution in [3.05, 3.63) is 82.0 Å². The van der Waals surface area contributed by atoms with Gasteiger partial charge in [0.05, 0.1) is 29.5 Å². The van der Waals surface area contributed by atoms with E-state index in [1.54, 1.807) is 6.07 Å². The zero-order valence-electron chi connectivity index (χ0n) is 17.6. The van der Waals surface area contributed by atoms with Gasteiger partial charge in [-0.05, 0) is 48.7 Å². The van der Waals surface area contributed by atoms with Gasteiger partial charge in [0, 0.05) is 9.92 Å². The van der Waals surface area contributed by atoms with Crippen molar-refractivity contribution in [1.29, 1.82) is 0 Å². The van der Waals surface area contributed by atoms with Gasteiger partial charge in [0.2, 0.25) is 0 Å². The lowest BCUT2D eigenvalue weighted by Crippen LogP contribution is -2.37. The SMILES string of the molecule is CCc1cc(C2=NC(Cc3ccccc3Cl)CON2)c(Sc2cccc(C(F)(F)F)c2)nn1. The molecule has 0 radical (unpaired) electrons. The third-order valence-electron chi connectivity index (χ3n) is 4.97. The van der Waals surface area contributed by atoms with Crippen LogP contribution in [0.1, 0.15) is 29.3 Å². The first-order valence-corrected chi connectivity index (χ1v) is 11.4. The number of alkyl halides is 3.